The van der Waals surface area contributed by atoms with E-state index in [0.717, 1.165) is 24.0 Å². The van der Waals surface area contributed by atoms with Gasteiger partial charge in [0.1, 0.15) is 0 Å². The molecule has 4 heteroatoms. The van der Waals surface area contributed by atoms with Crippen LogP contribution in [0.3, 0.4) is 0 Å². The van der Waals surface area contributed by atoms with Gasteiger partial charge in [-0.3, -0.25) is 0 Å². The van der Waals surface area contributed by atoms with E-state index in [2.05, 4.69) is 58.0 Å². The minimum Gasteiger partial charge on any atom is -0.370 e. The highest BCUT2D eigenvalue weighted by Crippen LogP contribution is 2.39. The maximum Gasteiger partial charge on any atom is 0.0746 e. The van der Waals surface area contributed by atoms with E-state index in [1.165, 1.54) is 11.4 Å². The maximum absolute atomic E-state index is 5.66. The smallest absolute Gasteiger partial charge is 0.0746 e. The number of nitrogens with zero attached hydrogens (tertiary/aromatic N) is 2. The molecule has 1 aliphatic rings. The standard InChI is InChI=1S/C12H18BrN3/c1-15-8-9(6-7-14)16(2)11-5-3-4-10(13)12(11)15/h3-5,9H,6-8,14H2,1-2H3. The minimum absolute atomic E-state index is 0.511. The Labute approximate surface area is 105 Å². The molecule has 3 nitrogen and oxygen atoms in total. The molecule has 0 saturated heterocycles. The zero-order chi connectivity index (χ0) is 11.7. The van der Waals surface area contributed by atoms with E-state index in [9.17, 15) is 0 Å². The number of halogens is 1. The van der Waals surface area contributed by atoms with Gasteiger partial charge in [-0.05, 0) is 41.0 Å². The number of benzene rings is 1. The van der Waals surface area contributed by atoms with Crippen LogP contribution >= 0.6 is 15.9 Å². The fourth-order valence-electron chi connectivity index (χ4n) is 2.37. The second-order valence-electron chi connectivity index (χ2n) is 4.33. The number of likely N-dealkylation sites (N-methyl/N-ethyl adjacent to an activating group) is 2. The first-order valence-corrected chi connectivity index (χ1v) is 6.37. The monoisotopic (exact) mass is 283 g/mol. The molecule has 0 aliphatic carbocycles. The lowest BCUT2D eigenvalue weighted by molar-refractivity contribution is 0.566. The van der Waals surface area contributed by atoms with Gasteiger partial charge in [0, 0.05) is 31.2 Å². The predicted octanol–water partition coefficient (Wildman–Crippen LogP) is 2.05. The van der Waals surface area contributed by atoms with Gasteiger partial charge >= 0.3 is 0 Å². The number of para-hydroxylation sites is 1. The highest BCUT2D eigenvalue weighted by atomic mass is 79.9. The van der Waals surface area contributed by atoms with Gasteiger partial charge in [-0.1, -0.05) is 6.07 Å². The summed E-state index contributed by atoms with van der Waals surface area (Å²) in [6, 6.07) is 6.85. The predicted molar refractivity (Wildman–Crippen MR) is 73.3 cm³/mol. The highest BCUT2D eigenvalue weighted by Gasteiger charge is 2.27. The third kappa shape index (κ3) is 1.92. The van der Waals surface area contributed by atoms with Crippen LogP contribution in [0.4, 0.5) is 11.4 Å². The zero-order valence-electron chi connectivity index (χ0n) is 9.78. The van der Waals surface area contributed by atoms with Gasteiger partial charge < -0.3 is 15.5 Å². The summed E-state index contributed by atoms with van der Waals surface area (Å²) in [5, 5.41) is 0. The Balaban J connectivity index is 2.39. The maximum atomic E-state index is 5.66. The number of hydrogen-bond donors (Lipinski definition) is 1. The first-order chi connectivity index (χ1) is 7.65. The molecule has 0 fully saturated rings. The molecule has 1 unspecified atom stereocenters. The Kier molecular flexibility index (Phi) is 3.40. The fraction of sp³-hybridized carbons (Fsp3) is 0.500. The Morgan fingerprint density at radius 3 is 2.88 bits per heavy atom. The summed E-state index contributed by atoms with van der Waals surface area (Å²) in [6.45, 7) is 1.77. The molecule has 0 saturated carbocycles. The van der Waals surface area contributed by atoms with Gasteiger partial charge in [-0.15, -0.1) is 0 Å². The van der Waals surface area contributed by atoms with Crippen LogP contribution in [0.25, 0.3) is 0 Å². The third-order valence-electron chi connectivity index (χ3n) is 3.26. The molecule has 0 radical (unpaired) electrons. The van der Waals surface area contributed by atoms with E-state index < -0.39 is 0 Å². The molecule has 2 rings (SSSR count). The van der Waals surface area contributed by atoms with Crippen molar-refractivity contribution in [2.24, 2.45) is 5.73 Å². The van der Waals surface area contributed by atoms with Gasteiger partial charge in [-0.25, -0.2) is 0 Å². The van der Waals surface area contributed by atoms with E-state index in [1.807, 2.05) is 0 Å². The van der Waals surface area contributed by atoms with Crippen LogP contribution in [0, 0.1) is 0 Å². The van der Waals surface area contributed by atoms with Crippen LogP contribution in [0.15, 0.2) is 22.7 Å². The number of anilines is 2. The molecule has 2 N–H and O–H groups in total. The van der Waals surface area contributed by atoms with Gasteiger partial charge in [0.2, 0.25) is 0 Å². The van der Waals surface area contributed by atoms with Crippen molar-refractivity contribution in [1.29, 1.82) is 0 Å². The number of fused-ring (bicyclic) bond motifs is 1. The second kappa shape index (κ2) is 4.63. The van der Waals surface area contributed by atoms with Crippen LogP contribution in [0.2, 0.25) is 0 Å². The van der Waals surface area contributed by atoms with Crippen molar-refractivity contribution in [1.82, 2.24) is 0 Å². The molecule has 0 spiro atoms. The Bertz CT molecular complexity index is 381. The van der Waals surface area contributed by atoms with Crippen molar-refractivity contribution < 1.29 is 0 Å². The Morgan fingerprint density at radius 2 is 2.19 bits per heavy atom. The number of rotatable bonds is 2. The summed E-state index contributed by atoms with van der Waals surface area (Å²) < 4.78 is 1.16. The molecule has 88 valence electrons. The lowest BCUT2D eigenvalue weighted by Gasteiger charge is -2.41. The molecular formula is C12H18BrN3. The van der Waals surface area contributed by atoms with Crippen LogP contribution < -0.4 is 15.5 Å². The summed E-state index contributed by atoms with van der Waals surface area (Å²) >= 11 is 3.62. The first kappa shape index (κ1) is 11.7. The summed E-state index contributed by atoms with van der Waals surface area (Å²) in [6.07, 6.45) is 1.03. The van der Waals surface area contributed by atoms with Crippen molar-refractivity contribution >= 4 is 27.3 Å². The van der Waals surface area contributed by atoms with Gasteiger partial charge in [0.05, 0.1) is 11.4 Å². The molecule has 1 aromatic rings. The Morgan fingerprint density at radius 1 is 1.44 bits per heavy atom. The van der Waals surface area contributed by atoms with E-state index in [1.54, 1.807) is 0 Å². The zero-order valence-corrected chi connectivity index (χ0v) is 11.4. The van der Waals surface area contributed by atoms with Crippen molar-refractivity contribution in [2.75, 3.05) is 37.0 Å². The van der Waals surface area contributed by atoms with Crippen molar-refractivity contribution in [3.05, 3.63) is 22.7 Å². The third-order valence-corrected chi connectivity index (χ3v) is 3.90. The van der Waals surface area contributed by atoms with Crippen LogP contribution in [0.1, 0.15) is 6.42 Å². The summed E-state index contributed by atoms with van der Waals surface area (Å²) in [5.74, 6) is 0. The fourth-order valence-corrected chi connectivity index (χ4v) is 3.03. The molecule has 16 heavy (non-hydrogen) atoms. The first-order valence-electron chi connectivity index (χ1n) is 5.57. The van der Waals surface area contributed by atoms with E-state index in [-0.39, 0.29) is 0 Å². The largest absolute Gasteiger partial charge is 0.370 e. The average molecular weight is 284 g/mol. The normalized spacial score (nSPS) is 19.9. The molecular weight excluding hydrogens is 266 g/mol. The average Bonchev–Trinajstić information content (AvgIpc) is 2.25. The van der Waals surface area contributed by atoms with Gasteiger partial charge in [0.15, 0.2) is 0 Å². The van der Waals surface area contributed by atoms with Crippen molar-refractivity contribution in [3.63, 3.8) is 0 Å². The number of hydrogen-bond acceptors (Lipinski definition) is 3. The van der Waals surface area contributed by atoms with E-state index >= 15 is 0 Å². The molecule has 0 aromatic heterocycles. The molecule has 0 bridgehead atoms. The summed E-state index contributed by atoms with van der Waals surface area (Å²) in [4.78, 5) is 4.65. The van der Waals surface area contributed by atoms with Crippen LogP contribution in [0.5, 0.6) is 0 Å². The number of nitrogens with two attached hydrogens (primary N) is 1. The highest BCUT2D eigenvalue weighted by molar-refractivity contribution is 9.10. The SMILES string of the molecule is CN1CC(CCN)N(C)c2cccc(Br)c21. The molecule has 0 amide bonds. The Hall–Kier alpha value is -0.740. The molecule has 1 heterocycles. The minimum atomic E-state index is 0.511. The lowest BCUT2D eigenvalue weighted by Crippen LogP contribution is -2.46. The quantitative estimate of drug-likeness (QED) is 0.902. The summed E-state index contributed by atoms with van der Waals surface area (Å²) in [5.41, 5.74) is 8.22. The molecule has 1 aromatic carbocycles. The van der Waals surface area contributed by atoms with Crippen LogP contribution in [-0.2, 0) is 0 Å². The van der Waals surface area contributed by atoms with Crippen molar-refractivity contribution in [3.8, 4) is 0 Å². The topological polar surface area (TPSA) is 32.5 Å². The van der Waals surface area contributed by atoms with Gasteiger partial charge in [-0.2, -0.15) is 0 Å². The lowest BCUT2D eigenvalue weighted by atomic mass is 10.1. The van der Waals surface area contributed by atoms with E-state index in [0.29, 0.717) is 6.04 Å². The van der Waals surface area contributed by atoms with Crippen LogP contribution in [-0.4, -0.2) is 33.2 Å². The molecule has 1 atom stereocenters. The van der Waals surface area contributed by atoms with Gasteiger partial charge in [0.25, 0.3) is 0 Å². The summed E-state index contributed by atoms with van der Waals surface area (Å²) in [7, 11) is 4.29. The molecule has 1 aliphatic heterocycles. The van der Waals surface area contributed by atoms with E-state index in [4.69, 9.17) is 5.73 Å². The second-order valence-corrected chi connectivity index (χ2v) is 5.18. The van der Waals surface area contributed by atoms with Crippen molar-refractivity contribution in [2.45, 2.75) is 12.5 Å².